The Morgan fingerprint density at radius 3 is 2.50 bits per heavy atom. The van der Waals surface area contributed by atoms with E-state index in [2.05, 4.69) is 85.5 Å². The first-order chi connectivity index (χ1) is 17.4. The molecule has 0 radical (unpaired) electrons. The lowest BCUT2D eigenvalue weighted by Gasteiger charge is -2.32. The van der Waals surface area contributed by atoms with Crippen molar-refractivity contribution in [2.45, 2.75) is 47.0 Å². The van der Waals surface area contributed by atoms with Gasteiger partial charge in [0.1, 0.15) is 0 Å². The van der Waals surface area contributed by atoms with E-state index in [1.54, 1.807) is 0 Å². The zero-order chi connectivity index (χ0) is 25.7. The molecule has 0 amide bonds. The summed E-state index contributed by atoms with van der Waals surface area (Å²) in [6, 6.07) is 16.7. The quantitative estimate of drug-likeness (QED) is 0.349. The summed E-state index contributed by atoms with van der Waals surface area (Å²) >= 11 is 0. The van der Waals surface area contributed by atoms with Gasteiger partial charge in [0.2, 0.25) is 5.82 Å². The van der Waals surface area contributed by atoms with Crippen LogP contribution in [0.2, 0.25) is 0 Å². The number of aromatic nitrogens is 2. The molecule has 186 valence electrons. The lowest BCUT2D eigenvalue weighted by molar-refractivity contribution is 0.401. The molecule has 2 aromatic carbocycles. The monoisotopic (exact) mass is 480 g/mol. The van der Waals surface area contributed by atoms with Gasteiger partial charge in [-0.3, -0.25) is 0 Å². The molecule has 1 aromatic heterocycles. The van der Waals surface area contributed by atoms with Gasteiger partial charge in [-0.15, -0.1) is 0 Å². The molecule has 0 fully saturated rings. The minimum atomic E-state index is 0.478. The second kappa shape index (κ2) is 11.3. The Labute approximate surface area is 214 Å². The van der Waals surface area contributed by atoms with Crippen LogP contribution in [0.15, 0.2) is 95.0 Å². The van der Waals surface area contributed by atoms with Gasteiger partial charge in [0.05, 0.1) is 12.1 Å². The van der Waals surface area contributed by atoms with Crippen LogP contribution in [-0.4, -0.2) is 28.1 Å². The molecule has 0 bridgehead atoms. The predicted octanol–water partition coefficient (Wildman–Crippen LogP) is 6.71. The summed E-state index contributed by atoms with van der Waals surface area (Å²) in [6.07, 6.45) is 5.24. The van der Waals surface area contributed by atoms with Crippen LogP contribution in [0, 0.1) is 0 Å². The van der Waals surface area contributed by atoms with Crippen LogP contribution in [0.3, 0.4) is 0 Å². The van der Waals surface area contributed by atoms with Gasteiger partial charge in [-0.05, 0) is 61.4 Å². The number of aryl methyl sites for hydroxylation is 2. The Hall–Kier alpha value is -3.86. The van der Waals surface area contributed by atoms with Gasteiger partial charge in [-0.25, -0.2) is 0 Å². The van der Waals surface area contributed by atoms with Crippen molar-refractivity contribution in [1.29, 1.82) is 0 Å². The minimum Gasteiger partial charge on any atom is -0.387 e. The van der Waals surface area contributed by atoms with Gasteiger partial charge in [-0.1, -0.05) is 80.7 Å². The van der Waals surface area contributed by atoms with Crippen LogP contribution in [0.25, 0.3) is 17.0 Å². The molecule has 36 heavy (non-hydrogen) atoms. The second-order valence-corrected chi connectivity index (χ2v) is 9.26. The van der Waals surface area contributed by atoms with E-state index in [-0.39, 0.29) is 0 Å². The topological polar surface area (TPSA) is 54.2 Å². The molecule has 2 heterocycles. The smallest absolute Gasteiger partial charge is 0.260 e. The first-order valence-electron chi connectivity index (χ1n) is 12.7. The molecule has 0 saturated carbocycles. The average Bonchev–Trinajstić information content (AvgIpc) is 3.36. The molecule has 0 atom stereocenters. The zero-order valence-corrected chi connectivity index (χ0v) is 21.9. The van der Waals surface area contributed by atoms with E-state index in [0.717, 1.165) is 59.6 Å². The number of allylic oxidation sites excluding steroid dienone is 4. The van der Waals surface area contributed by atoms with E-state index >= 15 is 0 Å². The average molecular weight is 481 g/mol. The van der Waals surface area contributed by atoms with E-state index in [1.165, 1.54) is 16.7 Å². The maximum atomic E-state index is 5.66. The number of benzene rings is 2. The summed E-state index contributed by atoms with van der Waals surface area (Å²) in [5.74, 6) is 1.05. The van der Waals surface area contributed by atoms with Crippen LogP contribution < -0.4 is 5.32 Å². The van der Waals surface area contributed by atoms with E-state index in [1.807, 2.05) is 30.3 Å². The van der Waals surface area contributed by atoms with Crippen LogP contribution >= 0.6 is 0 Å². The Bertz CT molecular complexity index is 1310. The first kappa shape index (κ1) is 25.2. The Balaban J connectivity index is 1.40. The molecule has 4 rings (SSSR count). The number of nitrogens with zero attached hydrogens (tertiary/aromatic N) is 3. The summed E-state index contributed by atoms with van der Waals surface area (Å²) in [7, 11) is 0. The van der Waals surface area contributed by atoms with Gasteiger partial charge in [0.25, 0.3) is 5.89 Å². The standard InChI is InChI=1S/C31H36N4O/c1-7-26-15-14-25(19-27(26)8-2)16-17-32-22(4)20-35-23(5)18-21(3)29(24(35)6)31-33-30(34-36-31)28-12-10-9-11-13-28/h9-15,18-19,32H,4,6-8,16-17,20H2,1-3,5H3. The van der Waals surface area contributed by atoms with Crippen LogP contribution in [-0.2, 0) is 19.3 Å². The summed E-state index contributed by atoms with van der Waals surface area (Å²) in [4.78, 5) is 6.81. The summed E-state index contributed by atoms with van der Waals surface area (Å²) in [6.45, 7) is 18.7. The molecule has 3 aromatic rings. The zero-order valence-electron chi connectivity index (χ0n) is 21.9. The molecule has 1 N–H and O–H groups in total. The van der Waals surface area contributed by atoms with Gasteiger partial charge in [0.15, 0.2) is 0 Å². The molecule has 5 heteroatoms. The fraction of sp³-hybridized carbons (Fsp3) is 0.290. The summed E-state index contributed by atoms with van der Waals surface area (Å²) in [5.41, 5.74) is 9.98. The molecule has 0 unspecified atom stereocenters. The minimum absolute atomic E-state index is 0.478. The van der Waals surface area contributed by atoms with Gasteiger partial charge in [0, 0.05) is 29.2 Å². The molecule has 0 saturated heterocycles. The SMILES string of the molecule is C=C(CN1C(=C)C(c2nc(-c3ccccc3)no2)=C(C)C=C1C)NCCc1ccc(CC)c(CC)c1. The third-order valence-electron chi connectivity index (χ3n) is 6.70. The first-order valence-corrected chi connectivity index (χ1v) is 12.7. The van der Waals surface area contributed by atoms with Crippen molar-refractivity contribution in [2.75, 3.05) is 13.1 Å². The summed E-state index contributed by atoms with van der Waals surface area (Å²) < 4.78 is 5.66. The largest absolute Gasteiger partial charge is 0.387 e. The normalized spacial score (nSPS) is 13.7. The fourth-order valence-corrected chi connectivity index (χ4v) is 4.72. The highest BCUT2D eigenvalue weighted by Crippen LogP contribution is 2.35. The molecular weight excluding hydrogens is 444 g/mol. The van der Waals surface area contributed by atoms with Crippen molar-refractivity contribution < 1.29 is 4.52 Å². The molecule has 1 aliphatic heterocycles. The predicted molar refractivity (Wildman–Crippen MR) is 148 cm³/mol. The Morgan fingerprint density at radius 1 is 1.03 bits per heavy atom. The van der Waals surface area contributed by atoms with Crippen molar-refractivity contribution in [2.24, 2.45) is 0 Å². The van der Waals surface area contributed by atoms with E-state index in [9.17, 15) is 0 Å². The Morgan fingerprint density at radius 2 is 1.78 bits per heavy atom. The van der Waals surface area contributed by atoms with Crippen molar-refractivity contribution in [3.05, 3.63) is 113 Å². The summed E-state index contributed by atoms with van der Waals surface area (Å²) in [5, 5.41) is 7.70. The van der Waals surface area contributed by atoms with E-state index in [0.29, 0.717) is 18.3 Å². The maximum Gasteiger partial charge on any atom is 0.260 e. The molecule has 0 aliphatic carbocycles. The number of hydrogen-bond donors (Lipinski definition) is 1. The van der Waals surface area contributed by atoms with Crippen molar-refractivity contribution in [3.63, 3.8) is 0 Å². The molecular formula is C31H36N4O. The van der Waals surface area contributed by atoms with E-state index < -0.39 is 0 Å². The Kier molecular flexibility index (Phi) is 7.89. The maximum absolute atomic E-state index is 5.66. The number of nitrogens with one attached hydrogen (secondary N) is 1. The van der Waals surface area contributed by atoms with Crippen LogP contribution in [0.1, 0.15) is 50.3 Å². The van der Waals surface area contributed by atoms with E-state index in [4.69, 9.17) is 4.52 Å². The van der Waals surface area contributed by atoms with Gasteiger partial charge >= 0.3 is 0 Å². The third kappa shape index (κ3) is 5.51. The molecule has 5 nitrogen and oxygen atoms in total. The van der Waals surface area contributed by atoms with Gasteiger partial charge < -0.3 is 14.7 Å². The second-order valence-electron chi connectivity index (χ2n) is 9.26. The highest BCUT2D eigenvalue weighted by atomic mass is 16.5. The lowest BCUT2D eigenvalue weighted by atomic mass is 9.99. The third-order valence-corrected chi connectivity index (χ3v) is 6.70. The lowest BCUT2D eigenvalue weighted by Crippen LogP contribution is -2.31. The van der Waals surface area contributed by atoms with Gasteiger partial charge in [-0.2, -0.15) is 4.98 Å². The van der Waals surface area contributed by atoms with Crippen molar-refractivity contribution in [1.82, 2.24) is 20.4 Å². The van der Waals surface area contributed by atoms with Crippen molar-refractivity contribution >= 4 is 5.57 Å². The highest BCUT2D eigenvalue weighted by molar-refractivity contribution is 5.80. The van der Waals surface area contributed by atoms with Crippen molar-refractivity contribution in [3.8, 4) is 11.4 Å². The molecule has 0 spiro atoms. The number of rotatable bonds is 10. The van der Waals surface area contributed by atoms with Crippen LogP contribution in [0.4, 0.5) is 0 Å². The van der Waals surface area contributed by atoms with Crippen LogP contribution in [0.5, 0.6) is 0 Å². The molecule has 1 aliphatic rings. The highest BCUT2D eigenvalue weighted by Gasteiger charge is 2.26. The number of hydrogen-bond acceptors (Lipinski definition) is 5. The fourth-order valence-electron chi connectivity index (χ4n) is 4.72.